The van der Waals surface area contributed by atoms with Crippen LogP contribution in [0.15, 0.2) is 54.6 Å². The number of Topliss-reactive ketones (excluding diaryl/α,β-unsaturated/α-hetero) is 1. The maximum Gasteiger partial charge on any atom is 0.325 e. The zero-order valence-corrected chi connectivity index (χ0v) is 16.5. The fourth-order valence-corrected chi connectivity index (χ4v) is 3.95. The molecule has 1 amide bonds. The Balaban J connectivity index is 1.84. The number of piperidine rings is 1. The highest BCUT2D eigenvalue weighted by atomic mass is 16.5. The summed E-state index contributed by atoms with van der Waals surface area (Å²) in [5.74, 6) is -0.589. The highest BCUT2D eigenvalue weighted by Crippen LogP contribution is 2.32. The van der Waals surface area contributed by atoms with Crippen LogP contribution >= 0.6 is 0 Å². The van der Waals surface area contributed by atoms with Crippen molar-refractivity contribution in [1.82, 2.24) is 4.90 Å². The van der Waals surface area contributed by atoms with E-state index in [0.717, 1.165) is 24.8 Å². The second kappa shape index (κ2) is 9.47. The molecule has 2 atom stereocenters. The lowest BCUT2D eigenvalue weighted by Crippen LogP contribution is -2.48. The van der Waals surface area contributed by atoms with Crippen molar-refractivity contribution in [3.8, 4) is 5.75 Å². The molecular formula is C23H26N2O4. The van der Waals surface area contributed by atoms with Gasteiger partial charge in [-0.3, -0.25) is 14.4 Å². The van der Waals surface area contributed by atoms with Crippen molar-refractivity contribution in [1.29, 1.82) is 0 Å². The van der Waals surface area contributed by atoms with Crippen molar-refractivity contribution in [2.24, 2.45) is 5.73 Å². The molecule has 2 unspecified atom stereocenters. The van der Waals surface area contributed by atoms with Gasteiger partial charge in [-0.15, -0.1) is 0 Å². The summed E-state index contributed by atoms with van der Waals surface area (Å²) in [5, 5.41) is 0. The summed E-state index contributed by atoms with van der Waals surface area (Å²) in [6.07, 6.45) is 2.68. The molecule has 1 fully saturated rings. The molecule has 0 aromatic heterocycles. The lowest BCUT2D eigenvalue weighted by molar-refractivity contribution is -0.132. The van der Waals surface area contributed by atoms with Crippen LogP contribution in [0.3, 0.4) is 0 Å². The Hall–Kier alpha value is -2.99. The molecule has 2 aromatic carbocycles. The van der Waals surface area contributed by atoms with Crippen molar-refractivity contribution < 1.29 is 19.1 Å². The van der Waals surface area contributed by atoms with E-state index >= 15 is 0 Å². The summed E-state index contributed by atoms with van der Waals surface area (Å²) in [6.45, 7) is 2.00. The number of nitrogens with zero attached hydrogens (tertiary/aromatic N) is 1. The number of nitrogens with two attached hydrogens (primary N) is 1. The first-order valence-corrected chi connectivity index (χ1v) is 9.88. The third kappa shape index (κ3) is 4.90. The maximum absolute atomic E-state index is 13.2. The van der Waals surface area contributed by atoms with Crippen LogP contribution in [0, 0.1) is 0 Å². The summed E-state index contributed by atoms with van der Waals surface area (Å²) in [5.41, 5.74) is 6.69. The Morgan fingerprint density at radius 1 is 1.07 bits per heavy atom. The Kier molecular flexibility index (Phi) is 6.77. The number of hydrogen-bond acceptors (Lipinski definition) is 5. The van der Waals surface area contributed by atoms with Gasteiger partial charge in [-0.1, -0.05) is 30.3 Å². The van der Waals surface area contributed by atoms with E-state index in [2.05, 4.69) is 0 Å². The van der Waals surface area contributed by atoms with E-state index in [1.165, 1.54) is 0 Å². The molecule has 2 N–H and O–H groups in total. The van der Waals surface area contributed by atoms with Crippen LogP contribution in [0.25, 0.3) is 0 Å². The largest absolute Gasteiger partial charge is 0.426 e. The molecule has 1 aliphatic rings. The van der Waals surface area contributed by atoms with Crippen LogP contribution in [0.1, 0.15) is 48.0 Å². The number of benzene rings is 2. The summed E-state index contributed by atoms with van der Waals surface area (Å²) in [7, 11) is 0. The van der Waals surface area contributed by atoms with Gasteiger partial charge < -0.3 is 15.4 Å². The summed E-state index contributed by atoms with van der Waals surface area (Å²) in [4.78, 5) is 38.9. The Bertz CT molecular complexity index is 864. The quantitative estimate of drug-likeness (QED) is 0.601. The molecule has 6 heteroatoms. The Morgan fingerprint density at radius 3 is 2.38 bits per heavy atom. The number of hydrogen-bond donors (Lipinski definition) is 1. The van der Waals surface area contributed by atoms with E-state index < -0.39 is 5.97 Å². The predicted molar refractivity (Wildman–Crippen MR) is 110 cm³/mol. The highest BCUT2D eigenvalue weighted by Gasteiger charge is 2.36. The van der Waals surface area contributed by atoms with Gasteiger partial charge >= 0.3 is 5.97 Å². The number of ether oxygens (including phenoxy) is 1. The van der Waals surface area contributed by atoms with Crippen LogP contribution in [-0.2, 0) is 9.59 Å². The molecule has 6 nitrogen and oxygen atoms in total. The van der Waals surface area contributed by atoms with Gasteiger partial charge in [-0.05, 0) is 56.0 Å². The number of carbonyl (C=O) groups excluding carboxylic acids is 3. The standard InChI is InChI=1S/C23H26N2O4/c1-16(26)22(17-7-3-2-4-8-17)20-9-5-6-14-25(20)23(28)18-10-12-19(13-11-18)29-21(27)15-24/h2-4,7-8,10-13,20,22H,5-6,9,14-15,24H2,1H3. The van der Waals surface area contributed by atoms with Crippen LogP contribution in [-0.4, -0.2) is 41.7 Å². The lowest BCUT2D eigenvalue weighted by Gasteiger charge is -2.40. The first-order chi connectivity index (χ1) is 14.0. The minimum Gasteiger partial charge on any atom is -0.426 e. The van der Waals surface area contributed by atoms with E-state index in [9.17, 15) is 14.4 Å². The number of carbonyl (C=O) groups is 3. The van der Waals surface area contributed by atoms with Crippen molar-refractivity contribution >= 4 is 17.7 Å². The molecule has 0 saturated carbocycles. The van der Waals surface area contributed by atoms with E-state index in [0.29, 0.717) is 17.9 Å². The molecule has 1 aliphatic heterocycles. The number of amides is 1. The highest BCUT2D eigenvalue weighted by molar-refractivity contribution is 5.95. The third-order valence-electron chi connectivity index (χ3n) is 5.29. The van der Waals surface area contributed by atoms with Gasteiger partial charge in [0.15, 0.2) is 0 Å². The number of esters is 1. The van der Waals surface area contributed by atoms with E-state index in [4.69, 9.17) is 10.5 Å². The molecule has 3 rings (SSSR count). The van der Waals surface area contributed by atoms with Gasteiger partial charge in [0.1, 0.15) is 11.5 Å². The third-order valence-corrected chi connectivity index (χ3v) is 5.29. The molecule has 1 heterocycles. The van der Waals surface area contributed by atoms with Gasteiger partial charge in [0.2, 0.25) is 0 Å². The van der Waals surface area contributed by atoms with E-state index in [1.807, 2.05) is 35.2 Å². The topological polar surface area (TPSA) is 89.7 Å². The van der Waals surface area contributed by atoms with Crippen molar-refractivity contribution in [2.75, 3.05) is 13.1 Å². The smallest absolute Gasteiger partial charge is 0.325 e. The SMILES string of the molecule is CC(=O)C(c1ccccc1)C1CCCCN1C(=O)c1ccc(OC(=O)CN)cc1. The first-order valence-electron chi connectivity index (χ1n) is 9.88. The summed E-state index contributed by atoms with van der Waals surface area (Å²) >= 11 is 0. The molecule has 2 aromatic rings. The number of likely N-dealkylation sites (tertiary alicyclic amines) is 1. The second-order valence-corrected chi connectivity index (χ2v) is 7.26. The summed E-state index contributed by atoms with van der Waals surface area (Å²) < 4.78 is 5.06. The molecule has 152 valence electrons. The molecule has 0 bridgehead atoms. The second-order valence-electron chi connectivity index (χ2n) is 7.26. The zero-order valence-electron chi connectivity index (χ0n) is 16.5. The molecular weight excluding hydrogens is 368 g/mol. The predicted octanol–water partition coefficient (Wildman–Crippen LogP) is 2.92. The zero-order chi connectivity index (χ0) is 20.8. The minimum absolute atomic E-state index is 0.0601. The molecule has 0 aliphatic carbocycles. The maximum atomic E-state index is 13.2. The van der Waals surface area contributed by atoms with Gasteiger partial charge in [-0.25, -0.2) is 0 Å². The molecule has 29 heavy (non-hydrogen) atoms. The van der Waals surface area contributed by atoms with Crippen LogP contribution < -0.4 is 10.5 Å². The normalized spacial score (nSPS) is 17.4. The fourth-order valence-electron chi connectivity index (χ4n) is 3.95. The van der Waals surface area contributed by atoms with Gasteiger partial charge in [-0.2, -0.15) is 0 Å². The van der Waals surface area contributed by atoms with Crippen molar-refractivity contribution in [2.45, 2.75) is 38.1 Å². The summed E-state index contributed by atoms with van der Waals surface area (Å²) in [6, 6.07) is 15.9. The van der Waals surface area contributed by atoms with Crippen molar-refractivity contribution in [3.63, 3.8) is 0 Å². The van der Waals surface area contributed by atoms with Gasteiger partial charge in [0.25, 0.3) is 5.91 Å². The number of ketones is 1. The Morgan fingerprint density at radius 2 is 1.76 bits per heavy atom. The van der Waals surface area contributed by atoms with Gasteiger partial charge in [0, 0.05) is 18.2 Å². The number of rotatable bonds is 6. The van der Waals surface area contributed by atoms with Crippen LogP contribution in [0.5, 0.6) is 5.75 Å². The lowest BCUT2D eigenvalue weighted by atomic mass is 9.82. The Labute approximate surface area is 170 Å². The van der Waals surface area contributed by atoms with Gasteiger partial charge in [0.05, 0.1) is 12.5 Å². The fraction of sp³-hybridized carbons (Fsp3) is 0.348. The minimum atomic E-state index is -0.535. The van der Waals surface area contributed by atoms with Crippen molar-refractivity contribution in [3.05, 3.63) is 65.7 Å². The van der Waals surface area contributed by atoms with Crippen LogP contribution in [0.2, 0.25) is 0 Å². The monoisotopic (exact) mass is 394 g/mol. The average molecular weight is 394 g/mol. The first kappa shape index (κ1) is 20.7. The molecule has 0 radical (unpaired) electrons. The molecule has 0 spiro atoms. The van der Waals surface area contributed by atoms with E-state index in [-0.39, 0.29) is 30.2 Å². The molecule has 1 saturated heterocycles. The van der Waals surface area contributed by atoms with E-state index in [1.54, 1.807) is 31.2 Å². The van der Waals surface area contributed by atoms with Crippen LogP contribution in [0.4, 0.5) is 0 Å². The average Bonchev–Trinajstić information content (AvgIpc) is 2.75.